The number of aromatic nitrogens is 3. The molecule has 8 nitrogen and oxygen atoms in total. The standard InChI is InChI=1S/C24H25N5O3/c1-32-13-12-29-17-25-22-15-20(5-6-21(22)24(29)31)26-8-10-27(11-9-26)23(30)18-14-19-4-2-3-7-28(19)16-18/h2-7,14-17H,8-13H2,1H3. The fourth-order valence-electron chi connectivity index (χ4n) is 4.21. The van der Waals surface area contributed by atoms with E-state index in [4.69, 9.17) is 4.74 Å². The number of carbonyl (C=O) groups excluding carboxylic acids is 1. The lowest BCUT2D eigenvalue weighted by atomic mass is 10.2. The summed E-state index contributed by atoms with van der Waals surface area (Å²) in [6.07, 6.45) is 5.41. The van der Waals surface area contributed by atoms with Crippen molar-refractivity contribution >= 4 is 28.0 Å². The quantitative estimate of drug-likeness (QED) is 0.485. The van der Waals surface area contributed by atoms with E-state index in [2.05, 4.69) is 9.88 Å². The molecular formula is C24H25N5O3. The number of rotatable bonds is 5. The Morgan fingerprint density at radius 1 is 1.09 bits per heavy atom. The van der Waals surface area contributed by atoms with Crippen LogP contribution >= 0.6 is 0 Å². The number of carbonyl (C=O) groups is 1. The Bertz CT molecular complexity index is 1300. The van der Waals surface area contributed by atoms with Crippen LogP contribution in [0, 0.1) is 0 Å². The van der Waals surface area contributed by atoms with Gasteiger partial charge >= 0.3 is 0 Å². The Morgan fingerprint density at radius 3 is 2.72 bits per heavy atom. The van der Waals surface area contributed by atoms with Gasteiger partial charge in [0.05, 0.1) is 35.9 Å². The van der Waals surface area contributed by atoms with Gasteiger partial charge in [0.2, 0.25) is 0 Å². The summed E-state index contributed by atoms with van der Waals surface area (Å²) < 4.78 is 8.59. The van der Waals surface area contributed by atoms with E-state index in [1.54, 1.807) is 18.0 Å². The van der Waals surface area contributed by atoms with Gasteiger partial charge < -0.3 is 18.9 Å². The van der Waals surface area contributed by atoms with Crippen molar-refractivity contribution in [2.75, 3.05) is 44.8 Å². The second-order valence-corrected chi connectivity index (χ2v) is 7.98. The summed E-state index contributed by atoms with van der Waals surface area (Å²) in [5, 5.41) is 0.599. The molecule has 0 atom stereocenters. The van der Waals surface area contributed by atoms with Gasteiger partial charge in [0.1, 0.15) is 0 Å². The van der Waals surface area contributed by atoms with E-state index >= 15 is 0 Å². The van der Waals surface area contributed by atoms with Crippen LogP contribution in [0.5, 0.6) is 0 Å². The number of fused-ring (bicyclic) bond motifs is 2. The van der Waals surface area contributed by atoms with Crippen LogP contribution in [-0.4, -0.2) is 64.7 Å². The molecule has 1 saturated heterocycles. The highest BCUT2D eigenvalue weighted by Crippen LogP contribution is 2.21. The largest absolute Gasteiger partial charge is 0.383 e. The van der Waals surface area contributed by atoms with Crippen molar-refractivity contribution in [2.45, 2.75) is 6.54 Å². The predicted molar refractivity (Wildman–Crippen MR) is 123 cm³/mol. The van der Waals surface area contributed by atoms with Crippen molar-refractivity contribution < 1.29 is 9.53 Å². The number of anilines is 1. The minimum Gasteiger partial charge on any atom is -0.383 e. The molecule has 0 saturated carbocycles. The first-order valence-corrected chi connectivity index (χ1v) is 10.7. The van der Waals surface area contributed by atoms with Crippen molar-refractivity contribution in [1.82, 2.24) is 18.9 Å². The van der Waals surface area contributed by atoms with E-state index in [0.717, 1.165) is 24.3 Å². The molecule has 1 amide bonds. The van der Waals surface area contributed by atoms with Crippen molar-refractivity contribution in [2.24, 2.45) is 0 Å². The molecule has 4 heterocycles. The Balaban J connectivity index is 1.29. The molecule has 32 heavy (non-hydrogen) atoms. The van der Waals surface area contributed by atoms with E-state index in [0.29, 0.717) is 42.7 Å². The fraction of sp³-hybridized carbons (Fsp3) is 0.292. The first-order valence-electron chi connectivity index (χ1n) is 10.7. The number of methoxy groups -OCH3 is 1. The zero-order valence-electron chi connectivity index (χ0n) is 18.0. The molecule has 0 N–H and O–H groups in total. The Hall–Kier alpha value is -3.65. The van der Waals surface area contributed by atoms with Gasteiger partial charge in [-0.2, -0.15) is 0 Å². The van der Waals surface area contributed by atoms with Crippen LogP contribution in [0.15, 0.2) is 66.0 Å². The topological polar surface area (TPSA) is 72.1 Å². The van der Waals surface area contributed by atoms with Crippen molar-refractivity contribution in [3.63, 3.8) is 0 Å². The van der Waals surface area contributed by atoms with Crippen molar-refractivity contribution in [1.29, 1.82) is 0 Å². The predicted octanol–water partition coefficient (Wildman–Crippen LogP) is 2.26. The van der Waals surface area contributed by atoms with Crippen molar-refractivity contribution in [3.8, 4) is 0 Å². The second kappa shape index (κ2) is 8.47. The molecule has 1 fully saturated rings. The van der Waals surface area contributed by atoms with Gasteiger partial charge in [0.15, 0.2) is 0 Å². The second-order valence-electron chi connectivity index (χ2n) is 7.98. The smallest absolute Gasteiger partial charge is 0.261 e. The molecule has 0 bridgehead atoms. The lowest BCUT2D eigenvalue weighted by molar-refractivity contribution is 0.0747. The third-order valence-electron chi connectivity index (χ3n) is 6.03. The molecule has 4 aromatic rings. The number of piperazine rings is 1. The van der Waals surface area contributed by atoms with Gasteiger partial charge in [0.25, 0.3) is 11.5 Å². The summed E-state index contributed by atoms with van der Waals surface area (Å²) >= 11 is 0. The van der Waals surface area contributed by atoms with Gasteiger partial charge in [-0.15, -0.1) is 0 Å². The van der Waals surface area contributed by atoms with E-state index in [-0.39, 0.29) is 11.5 Å². The molecule has 0 unspecified atom stereocenters. The third-order valence-corrected chi connectivity index (χ3v) is 6.03. The lowest BCUT2D eigenvalue weighted by Gasteiger charge is -2.36. The molecule has 8 heteroatoms. The Morgan fingerprint density at radius 2 is 1.94 bits per heavy atom. The Kier molecular flexibility index (Phi) is 5.36. The monoisotopic (exact) mass is 431 g/mol. The molecule has 1 aliphatic rings. The van der Waals surface area contributed by atoms with Crippen LogP contribution < -0.4 is 10.5 Å². The highest BCUT2D eigenvalue weighted by atomic mass is 16.5. The maximum atomic E-state index is 13.0. The average molecular weight is 431 g/mol. The number of pyridine rings is 1. The summed E-state index contributed by atoms with van der Waals surface area (Å²) in [6.45, 7) is 3.70. The summed E-state index contributed by atoms with van der Waals surface area (Å²) in [5.74, 6) is 0.0603. The van der Waals surface area contributed by atoms with Gasteiger partial charge in [-0.25, -0.2) is 4.98 Å². The number of ether oxygens (including phenoxy) is 1. The van der Waals surface area contributed by atoms with Gasteiger partial charge in [-0.3, -0.25) is 14.2 Å². The molecule has 0 spiro atoms. The molecule has 0 aliphatic carbocycles. The van der Waals surface area contributed by atoms with E-state index in [1.165, 1.54) is 0 Å². The maximum absolute atomic E-state index is 13.0. The van der Waals surface area contributed by atoms with Crippen LogP contribution in [0.4, 0.5) is 5.69 Å². The minimum absolute atomic E-state index is 0.0603. The van der Waals surface area contributed by atoms with E-state index in [1.807, 2.05) is 64.2 Å². The summed E-state index contributed by atoms with van der Waals surface area (Å²) in [6, 6.07) is 13.6. The first-order chi connectivity index (χ1) is 15.6. The molecule has 1 aliphatic heterocycles. The van der Waals surface area contributed by atoms with Gasteiger partial charge in [-0.1, -0.05) is 6.07 Å². The third kappa shape index (κ3) is 3.73. The number of nitrogens with zero attached hydrogens (tertiary/aromatic N) is 5. The zero-order valence-corrected chi connectivity index (χ0v) is 18.0. The highest BCUT2D eigenvalue weighted by molar-refractivity contribution is 5.95. The van der Waals surface area contributed by atoms with Crippen molar-refractivity contribution in [3.05, 3.63) is 77.1 Å². The number of amides is 1. The molecule has 3 aromatic heterocycles. The number of hydrogen-bond acceptors (Lipinski definition) is 5. The fourth-order valence-corrected chi connectivity index (χ4v) is 4.21. The number of benzene rings is 1. The Labute approximate surface area is 185 Å². The molecule has 5 rings (SSSR count). The molecule has 0 radical (unpaired) electrons. The van der Waals surface area contributed by atoms with Gasteiger partial charge in [0, 0.05) is 56.9 Å². The van der Waals surface area contributed by atoms with Crippen LogP contribution in [0.3, 0.4) is 0 Å². The molecular weight excluding hydrogens is 406 g/mol. The number of hydrogen-bond donors (Lipinski definition) is 0. The van der Waals surface area contributed by atoms with E-state index < -0.39 is 0 Å². The SMILES string of the molecule is COCCn1cnc2cc(N3CCN(C(=O)c4cc5ccccn5c4)CC3)ccc2c1=O. The maximum Gasteiger partial charge on any atom is 0.261 e. The first kappa shape index (κ1) is 20.3. The summed E-state index contributed by atoms with van der Waals surface area (Å²) in [7, 11) is 1.61. The molecule has 164 valence electrons. The highest BCUT2D eigenvalue weighted by Gasteiger charge is 2.23. The van der Waals surface area contributed by atoms with Crippen LogP contribution in [0.2, 0.25) is 0 Å². The van der Waals surface area contributed by atoms with Crippen LogP contribution in [0.1, 0.15) is 10.4 Å². The summed E-state index contributed by atoms with van der Waals surface area (Å²) in [4.78, 5) is 34.2. The average Bonchev–Trinajstić information content (AvgIpc) is 3.27. The zero-order chi connectivity index (χ0) is 22.1. The summed E-state index contributed by atoms with van der Waals surface area (Å²) in [5.41, 5.74) is 3.36. The lowest BCUT2D eigenvalue weighted by Crippen LogP contribution is -2.48. The molecule has 1 aromatic carbocycles. The van der Waals surface area contributed by atoms with E-state index in [9.17, 15) is 9.59 Å². The van der Waals surface area contributed by atoms with Crippen LogP contribution in [0.25, 0.3) is 16.4 Å². The van der Waals surface area contributed by atoms with Gasteiger partial charge in [-0.05, 0) is 36.4 Å². The van der Waals surface area contributed by atoms with Crippen LogP contribution in [-0.2, 0) is 11.3 Å². The minimum atomic E-state index is -0.0611. The normalized spacial score (nSPS) is 14.4.